The summed E-state index contributed by atoms with van der Waals surface area (Å²) in [6, 6.07) is 23.2. The Kier molecular flexibility index (Phi) is 6.99. The number of aromatic nitrogens is 3. The summed E-state index contributed by atoms with van der Waals surface area (Å²) in [4.78, 5) is 38.6. The van der Waals surface area contributed by atoms with Crippen molar-refractivity contribution in [3.63, 3.8) is 0 Å². The first-order chi connectivity index (χ1) is 21.0. The molecule has 0 unspecified atom stereocenters. The molecule has 5 N–H and O–H groups in total. The summed E-state index contributed by atoms with van der Waals surface area (Å²) in [5.74, 6) is -0.478. The van der Waals surface area contributed by atoms with Crippen LogP contribution in [0.25, 0.3) is 32.7 Å². The number of fused-ring (bicyclic) bond motifs is 3. The van der Waals surface area contributed by atoms with Gasteiger partial charge in [-0.1, -0.05) is 54.6 Å². The Morgan fingerprint density at radius 2 is 1.40 bits per heavy atom. The Labute approximate surface area is 249 Å². The van der Waals surface area contributed by atoms with Crippen molar-refractivity contribution in [3.05, 3.63) is 108 Å². The lowest BCUT2D eigenvalue weighted by atomic mass is 9.75. The van der Waals surface area contributed by atoms with Gasteiger partial charge >= 0.3 is 0 Å². The Morgan fingerprint density at radius 3 is 2.00 bits per heavy atom. The lowest BCUT2D eigenvalue weighted by molar-refractivity contribution is -0.131. The summed E-state index contributed by atoms with van der Waals surface area (Å²) >= 11 is 0. The Balaban J connectivity index is 1.28. The molecule has 1 aliphatic rings. The fraction of sp³-hybridized carbons (Fsp3) is 0.257. The number of benzene rings is 3. The van der Waals surface area contributed by atoms with E-state index in [1.807, 2.05) is 98.3 Å². The van der Waals surface area contributed by atoms with E-state index in [1.54, 1.807) is 0 Å². The molecular weight excluding hydrogens is 538 g/mol. The molecule has 8 heteroatoms. The van der Waals surface area contributed by atoms with E-state index >= 15 is 0 Å². The first kappa shape index (κ1) is 27.0. The summed E-state index contributed by atoms with van der Waals surface area (Å²) < 4.78 is 5.75. The normalized spacial score (nSPS) is 16.2. The van der Waals surface area contributed by atoms with Crippen molar-refractivity contribution in [2.24, 2.45) is 0 Å². The van der Waals surface area contributed by atoms with Gasteiger partial charge in [-0.2, -0.15) is 0 Å². The molecule has 6 aromatic rings. The SMILES string of the molecule is CC(C(=O)N[C@@H](Cc1c[nH]c2ccccc12)C(=O)NC[C@H]1CCCO1)(c1c[nH]c2ccccc12)c1c[nH]c2ccccc12. The standard InChI is InChI=1S/C35H35N5O3/c1-35(27-20-37-30-14-6-3-11-25(27)30,28-21-38-31-15-7-4-12-26(28)31)34(42)40-32(33(41)39-19-23-9-8-16-43-23)17-22-18-36-29-13-5-2-10-24(22)29/h2-7,10-15,18,20-21,23,32,36-38H,8-9,16-17,19H2,1H3,(H,39,41)(H,40,42)/t23-,32+/m1/s1. The number of ether oxygens (including phenoxy) is 1. The topological polar surface area (TPSA) is 115 Å². The van der Waals surface area contributed by atoms with Gasteiger partial charge in [-0.15, -0.1) is 0 Å². The van der Waals surface area contributed by atoms with Crippen LogP contribution in [-0.4, -0.2) is 52.1 Å². The zero-order valence-corrected chi connectivity index (χ0v) is 24.1. The number of amides is 2. The molecular formula is C35H35N5O3. The monoisotopic (exact) mass is 573 g/mol. The Bertz CT molecular complexity index is 1850. The average molecular weight is 574 g/mol. The minimum absolute atomic E-state index is 0.00361. The van der Waals surface area contributed by atoms with E-state index in [1.165, 1.54) is 0 Å². The van der Waals surface area contributed by atoms with E-state index in [2.05, 4.69) is 25.6 Å². The molecule has 1 fully saturated rings. The van der Waals surface area contributed by atoms with E-state index in [9.17, 15) is 9.59 Å². The first-order valence-electron chi connectivity index (χ1n) is 14.9. The number of H-pyrrole nitrogens is 3. The molecule has 3 aromatic carbocycles. The highest BCUT2D eigenvalue weighted by Crippen LogP contribution is 2.40. The number of hydrogen-bond donors (Lipinski definition) is 5. The third kappa shape index (κ3) is 4.87. The number of carbonyl (C=O) groups is 2. The number of aromatic amines is 3. The summed E-state index contributed by atoms with van der Waals surface area (Å²) in [6.07, 6.45) is 8.00. The number of rotatable bonds is 9. The fourth-order valence-corrected chi connectivity index (χ4v) is 6.54. The van der Waals surface area contributed by atoms with Crippen molar-refractivity contribution >= 4 is 44.5 Å². The predicted molar refractivity (Wildman–Crippen MR) is 169 cm³/mol. The molecule has 0 saturated carbocycles. The highest BCUT2D eigenvalue weighted by Gasteiger charge is 2.42. The van der Waals surface area contributed by atoms with Gasteiger partial charge in [0, 0.05) is 70.9 Å². The minimum atomic E-state index is -1.12. The summed E-state index contributed by atoms with van der Waals surface area (Å²) in [6.45, 7) is 3.07. The molecule has 1 saturated heterocycles. The Morgan fingerprint density at radius 1 is 0.837 bits per heavy atom. The van der Waals surface area contributed by atoms with Crippen LogP contribution in [0.5, 0.6) is 0 Å². The quantitative estimate of drug-likeness (QED) is 0.158. The van der Waals surface area contributed by atoms with E-state index in [4.69, 9.17) is 4.74 Å². The van der Waals surface area contributed by atoms with Crippen LogP contribution in [0.15, 0.2) is 91.4 Å². The first-order valence-corrected chi connectivity index (χ1v) is 14.9. The van der Waals surface area contributed by atoms with Crippen LogP contribution in [0.1, 0.15) is 36.5 Å². The van der Waals surface area contributed by atoms with Gasteiger partial charge in [0.25, 0.3) is 0 Å². The molecule has 0 spiro atoms. The predicted octanol–water partition coefficient (Wildman–Crippen LogP) is 5.46. The van der Waals surface area contributed by atoms with Gasteiger partial charge in [-0.05, 0) is 54.7 Å². The highest BCUT2D eigenvalue weighted by atomic mass is 16.5. The lowest BCUT2D eigenvalue weighted by Crippen LogP contribution is -2.54. The minimum Gasteiger partial charge on any atom is -0.376 e. The van der Waals surface area contributed by atoms with E-state index in [0.29, 0.717) is 19.6 Å². The second-order valence-electron chi connectivity index (χ2n) is 11.6. The van der Waals surface area contributed by atoms with Crippen LogP contribution in [0, 0.1) is 0 Å². The van der Waals surface area contributed by atoms with Gasteiger partial charge in [-0.3, -0.25) is 9.59 Å². The van der Waals surface area contributed by atoms with Crippen LogP contribution in [0.3, 0.4) is 0 Å². The third-order valence-electron chi connectivity index (χ3n) is 8.96. The van der Waals surface area contributed by atoms with Crippen LogP contribution in [0.2, 0.25) is 0 Å². The highest BCUT2D eigenvalue weighted by molar-refractivity contribution is 6.03. The van der Waals surface area contributed by atoms with Crippen LogP contribution in [-0.2, 0) is 26.2 Å². The van der Waals surface area contributed by atoms with Crippen molar-refractivity contribution in [1.29, 1.82) is 0 Å². The van der Waals surface area contributed by atoms with Crippen molar-refractivity contribution in [1.82, 2.24) is 25.6 Å². The second kappa shape index (κ2) is 11.1. The van der Waals surface area contributed by atoms with Gasteiger partial charge in [0.15, 0.2) is 0 Å². The maximum Gasteiger partial charge on any atom is 0.243 e. The number of nitrogens with one attached hydrogen (secondary N) is 5. The second-order valence-corrected chi connectivity index (χ2v) is 11.6. The fourth-order valence-electron chi connectivity index (χ4n) is 6.54. The molecule has 2 atom stereocenters. The average Bonchev–Trinajstić information content (AvgIpc) is 3.85. The van der Waals surface area contributed by atoms with E-state index in [-0.39, 0.29) is 17.9 Å². The van der Waals surface area contributed by atoms with Gasteiger partial charge < -0.3 is 30.3 Å². The molecule has 4 heterocycles. The van der Waals surface area contributed by atoms with Gasteiger partial charge in [0.1, 0.15) is 11.5 Å². The lowest BCUT2D eigenvalue weighted by Gasteiger charge is -2.31. The molecule has 218 valence electrons. The molecule has 3 aromatic heterocycles. The Hall–Kier alpha value is -4.82. The molecule has 0 radical (unpaired) electrons. The summed E-state index contributed by atoms with van der Waals surface area (Å²) in [5, 5.41) is 9.23. The van der Waals surface area contributed by atoms with Gasteiger partial charge in [0.2, 0.25) is 11.8 Å². The van der Waals surface area contributed by atoms with Crippen molar-refractivity contribution < 1.29 is 14.3 Å². The third-order valence-corrected chi connectivity index (χ3v) is 8.96. The number of carbonyl (C=O) groups excluding carboxylic acids is 2. The molecule has 7 rings (SSSR count). The van der Waals surface area contributed by atoms with Crippen molar-refractivity contribution in [2.75, 3.05) is 13.2 Å². The smallest absolute Gasteiger partial charge is 0.243 e. The largest absolute Gasteiger partial charge is 0.376 e. The zero-order valence-electron chi connectivity index (χ0n) is 24.1. The van der Waals surface area contributed by atoms with Gasteiger partial charge in [0.05, 0.1) is 6.10 Å². The molecule has 8 nitrogen and oxygen atoms in total. The van der Waals surface area contributed by atoms with Crippen molar-refractivity contribution in [2.45, 2.75) is 43.7 Å². The molecule has 0 aliphatic carbocycles. The molecule has 43 heavy (non-hydrogen) atoms. The summed E-state index contributed by atoms with van der Waals surface area (Å²) in [5.41, 5.74) is 4.42. The van der Waals surface area contributed by atoms with Crippen LogP contribution in [0.4, 0.5) is 0 Å². The number of hydrogen-bond acceptors (Lipinski definition) is 3. The number of para-hydroxylation sites is 3. The van der Waals surface area contributed by atoms with Crippen LogP contribution < -0.4 is 10.6 Å². The summed E-state index contributed by atoms with van der Waals surface area (Å²) in [7, 11) is 0. The molecule has 1 aliphatic heterocycles. The van der Waals surface area contributed by atoms with Gasteiger partial charge in [-0.25, -0.2) is 0 Å². The molecule has 0 bridgehead atoms. The van der Waals surface area contributed by atoms with Crippen LogP contribution >= 0.6 is 0 Å². The zero-order chi connectivity index (χ0) is 29.4. The maximum absolute atomic E-state index is 14.8. The van der Waals surface area contributed by atoms with E-state index in [0.717, 1.165) is 62.2 Å². The molecule has 2 amide bonds. The maximum atomic E-state index is 14.8. The van der Waals surface area contributed by atoms with Crippen molar-refractivity contribution in [3.8, 4) is 0 Å². The van der Waals surface area contributed by atoms with E-state index < -0.39 is 11.5 Å².